The number of nitrogens with one attached hydrogen (secondary N) is 2. The number of fused-ring (bicyclic) bond motifs is 2. The van der Waals surface area contributed by atoms with E-state index in [4.69, 9.17) is 4.74 Å². The van der Waals surface area contributed by atoms with Gasteiger partial charge in [0, 0.05) is 11.1 Å². The highest BCUT2D eigenvalue weighted by atomic mass is 16.5. The van der Waals surface area contributed by atoms with Crippen LogP contribution in [0.25, 0.3) is 11.3 Å². The van der Waals surface area contributed by atoms with Crippen molar-refractivity contribution in [3.63, 3.8) is 0 Å². The first kappa shape index (κ1) is 16.2. The van der Waals surface area contributed by atoms with E-state index in [0.29, 0.717) is 22.9 Å². The van der Waals surface area contributed by atoms with Crippen molar-refractivity contribution in [1.29, 1.82) is 0 Å². The molecule has 0 spiro atoms. The molecule has 2 aromatic heterocycles. The Hall–Kier alpha value is -4.01. The average Bonchev–Trinajstić information content (AvgIpc) is 3.22. The van der Waals surface area contributed by atoms with Crippen molar-refractivity contribution in [2.24, 2.45) is 0 Å². The van der Waals surface area contributed by atoms with Gasteiger partial charge in [0.2, 0.25) is 5.95 Å². The fourth-order valence-corrected chi connectivity index (χ4v) is 3.45. The van der Waals surface area contributed by atoms with Crippen molar-refractivity contribution in [1.82, 2.24) is 30.4 Å². The molecule has 0 amide bonds. The Morgan fingerprint density at radius 3 is 2.61 bits per heavy atom. The van der Waals surface area contributed by atoms with Gasteiger partial charge in [-0.15, -0.1) is 0 Å². The van der Waals surface area contributed by atoms with E-state index < -0.39 is 6.04 Å². The van der Waals surface area contributed by atoms with E-state index in [-0.39, 0.29) is 5.56 Å². The molecule has 2 N–H and O–H groups in total. The number of aromatic amines is 1. The van der Waals surface area contributed by atoms with E-state index in [1.165, 1.54) is 0 Å². The summed E-state index contributed by atoms with van der Waals surface area (Å²) in [6.45, 7) is 0. The first-order valence-electron chi connectivity index (χ1n) is 8.63. The van der Waals surface area contributed by atoms with Crippen molar-refractivity contribution in [3.05, 3.63) is 76.1 Å². The van der Waals surface area contributed by atoms with Gasteiger partial charge in [0.25, 0.3) is 5.56 Å². The lowest BCUT2D eigenvalue weighted by Gasteiger charge is -2.27. The summed E-state index contributed by atoms with van der Waals surface area (Å²) in [6, 6.07) is 16.9. The number of hydrogen-bond donors (Lipinski definition) is 2. The van der Waals surface area contributed by atoms with Gasteiger partial charge in [-0.3, -0.25) is 4.79 Å². The third-order valence-corrected chi connectivity index (χ3v) is 4.75. The Labute approximate surface area is 159 Å². The van der Waals surface area contributed by atoms with Crippen LogP contribution in [0.5, 0.6) is 5.75 Å². The van der Waals surface area contributed by atoms with Crippen LogP contribution < -0.4 is 15.6 Å². The topological polar surface area (TPSA) is 111 Å². The fraction of sp³-hybridized carbons (Fsp3) is 0.105. The average molecular weight is 373 g/mol. The molecule has 0 radical (unpaired) electrons. The number of nitrogens with zero attached hydrogens (tertiary/aromatic N) is 5. The van der Waals surface area contributed by atoms with Crippen molar-refractivity contribution in [2.45, 2.75) is 6.04 Å². The molecule has 1 aliphatic heterocycles. The molecule has 0 aliphatic carbocycles. The summed E-state index contributed by atoms with van der Waals surface area (Å²) >= 11 is 0. The van der Waals surface area contributed by atoms with Gasteiger partial charge >= 0.3 is 0 Å². The van der Waals surface area contributed by atoms with Crippen LogP contribution in [-0.4, -0.2) is 37.5 Å². The van der Waals surface area contributed by atoms with E-state index in [0.717, 1.165) is 16.9 Å². The lowest BCUT2D eigenvalue weighted by Crippen LogP contribution is -2.29. The highest BCUT2D eigenvalue weighted by molar-refractivity contribution is 5.75. The van der Waals surface area contributed by atoms with E-state index >= 15 is 0 Å². The molecule has 0 saturated heterocycles. The molecule has 0 saturated carbocycles. The van der Waals surface area contributed by atoms with Crippen LogP contribution in [0, 0.1) is 0 Å². The SMILES string of the molecule is COc1ccc(-c2n[nH]c(=O)c3c2[C@@H](c2ccccc2)n2nnnc2N3)cc1. The molecule has 0 unspecified atom stereocenters. The number of methoxy groups -OCH3 is 1. The lowest BCUT2D eigenvalue weighted by molar-refractivity contribution is 0.415. The smallest absolute Gasteiger partial charge is 0.288 e. The standard InChI is InChI=1S/C19H15N7O2/c1-28-13-9-7-11(8-10-13)15-14-16(18(27)22-21-15)20-19-23-24-25-26(19)17(14)12-5-3-2-4-6-12/h2-10,17H,1H3,(H,22,27)(H,20,23,25)/t17-/m1/s1. The summed E-state index contributed by atoms with van der Waals surface area (Å²) in [5.74, 6) is 1.14. The number of ether oxygens (including phenoxy) is 1. The predicted octanol–water partition coefficient (Wildman–Crippen LogP) is 2.13. The normalized spacial score (nSPS) is 14.7. The maximum absolute atomic E-state index is 12.6. The van der Waals surface area contributed by atoms with Gasteiger partial charge in [-0.25, -0.2) is 5.10 Å². The maximum atomic E-state index is 12.6. The molecule has 0 bridgehead atoms. The van der Waals surface area contributed by atoms with Gasteiger partial charge in [0.1, 0.15) is 17.5 Å². The van der Waals surface area contributed by atoms with Gasteiger partial charge in [0.15, 0.2) is 0 Å². The quantitative estimate of drug-likeness (QED) is 0.498. The summed E-state index contributed by atoms with van der Waals surface area (Å²) < 4.78 is 6.90. The highest BCUT2D eigenvalue weighted by Crippen LogP contribution is 2.40. The molecule has 9 heteroatoms. The third-order valence-electron chi connectivity index (χ3n) is 4.75. The number of benzene rings is 2. The Morgan fingerprint density at radius 1 is 1.07 bits per heavy atom. The molecule has 138 valence electrons. The molecule has 1 atom stereocenters. The Bertz CT molecular complexity index is 1200. The highest BCUT2D eigenvalue weighted by Gasteiger charge is 2.34. The largest absolute Gasteiger partial charge is 0.497 e. The minimum Gasteiger partial charge on any atom is -0.497 e. The molecule has 2 aromatic carbocycles. The van der Waals surface area contributed by atoms with Crippen LogP contribution in [0.2, 0.25) is 0 Å². The van der Waals surface area contributed by atoms with Crippen molar-refractivity contribution < 1.29 is 4.74 Å². The minimum atomic E-state index is -0.394. The second kappa shape index (κ2) is 6.31. The van der Waals surface area contributed by atoms with E-state index in [1.807, 2.05) is 54.6 Å². The molecule has 3 heterocycles. The van der Waals surface area contributed by atoms with E-state index in [1.54, 1.807) is 11.8 Å². The molecular weight excluding hydrogens is 358 g/mol. The fourth-order valence-electron chi connectivity index (χ4n) is 3.45. The van der Waals surface area contributed by atoms with Crippen molar-refractivity contribution >= 4 is 11.6 Å². The molecule has 0 fully saturated rings. The first-order valence-corrected chi connectivity index (χ1v) is 8.63. The number of aromatic nitrogens is 6. The zero-order valence-electron chi connectivity index (χ0n) is 14.8. The molecule has 9 nitrogen and oxygen atoms in total. The Balaban J connectivity index is 1.79. The monoisotopic (exact) mass is 373 g/mol. The first-order chi connectivity index (χ1) is 13.8. The molecule has 1 aliphatic rings. The van der Waals surface area contributed by atoms with Gasteiger partial charge < -0.3 is 10.1 Å². The number of anilines is 2. The van der Waals surface area contributed by atoms with Crippen molar-refractivity contribution in [2.75, 3.05) is 12.4 Å². The van der Waals surface area contributed by atoms with Crippen molar-refractivity contribution in [3.8, 4) is 17.0 Å². The molecular formula is C19H15N7O2. The van der Waals surface area contributed by atoms with E-state index in [9.17, 15) is 4.79 Å². The number of tetrazole rings is 1. The van der Waals surface area contributed by atoms with E-state index in [2.05, 4.69) is 31.0 Å². The number of H-pyrrole nitrogens is 1. The summed E-state index contributed by atoms with van der Waals surface area (Å²) in [5.41, 5.74) is 3.19. The number of rotatable bonds is 3. The summed E-state index contributed by atoms with van der Waals surface area (Å²) in [5, 5.41) is 21.9. The molecule has 28 heavy (non-hydrogen) atoms. The second-order valence-electron chi connectivity index (χ2n) is 6.30. The van der Waals surface area contributed by atoms with Crippen LogP contribution in [0.3, 0.4) is 0 Å². The molecule has 4 aromatic rings. The lowest BCUT2D eigenvalue weighted by atomic mass is 9.92. The summed E-state index contributed by atoms with van der Waals surface area (Å²) in [7, 11) is 1.61. The predicted molar refractivity (Wildman–Crippen MR) is 102 cm³/mol. The van der Waals surface area contributed by atoms with Crippen LogP contribution in [0.1, 0.15) is 17.2 Å². The second-order valence-corrected chi connectivity index (χ2v) is 6.30. The third kappa shape index (κ3) is 2.44. The summed E-state index contributed by atoms with van der Waals surface area (Å²) in [6.07, 6.45) is 0. The van der Waals surface area contributed by atoms with Gasteiger partial charge in [0.05, 0.1) is 12.8 Å². The molecule has 5 rings (SSSR count). The van der Waals surface area contributed by atoms with Crippen LogP contribution in [0.4, 0.5) is 11.6 Å². The van der Waals surface area contributed by atoms with Crippen LogP contribution in [-0.2, 0) is 0 Å². The zero-order valence-corrected chi connectivity index (χ0v) is 14.8. The van der Waals surface area contributed by atoms with Crippen LogP contribution >= 0.6 is 0 Å². The summed E-state index contributed by atoms with van der Waals surface area (Å²) in [4.78, 5) is 12.6. The van der Waals surface area contributed by atoms with Gasteiger partial charge in [-0.05, 0) is 40.3 Å². The van der Waals surface area contributed by atoms with Gasteiger partial charge in [-0.1, -0.05) is 35.4 Å². The van der Waals surface area contributed by atoms with Crippen LogP contribution in [0.15, 0.2) is 59.4 Å². The maximum Gasteiger partial charge on any atom is 0.288 e. The number of hydrogen-bond acceptors (Lipinski definition) is 7. The Kier molecular flexibility index (Phi) is 3.64. The Morgan fingerprint density at radius 2 is 1.86 bits per heavy atom. The minimum absolute atomic E-state index is 0.331. The van der Waals surface area contributed by atoms with Gasteiger partial charge in [-0.2, -0.15) is 9.78 Å². The zero-order chi connectivity index (χ0) is 19.1.